The van der Waals surface area contributed by atoms with Crippen LogP contribution < -0.4 is 4.90 Å². The maximum Gasteiger partial charge on any atom is 0.214 e. The van der Waals surface area contributed by atoms with Crippen molar-refractivity contribution in [3.05, 3.63) is 64.8 Å². The van der Waals surface area contributed by atoms with Crippen LogP contribution >= 0.6 is 27.3 Å². The first kappa shape index (κ1) is 19.8. The molecular formula is C22H18BrFN6OS. The first-order valence-corrected chi connectivity index (χ1v) is 11.9. The van der Waals surface area contributed by atoms with Gasteiger partial charge in [-0.05, 0) is 42.5 Å². The van der Waals surface area contributed by atoms with Crippen LogP contribution in [0.5, 0.6) is 0 Å². The number of anilines is 1. The molecule has 1 saturated heterocycles. The third kappa shape index (κ3) is 3.78. The average molecular weight is 513 g/mol. The highest BCUT2D eigenvalue weighted by atomic mass is 79.9. The van der Waals surface area contributed by atoms with Crippen LogP contribution in [0.3, 0.4) is 0 Å². The summed E-state index contributed by atoms with van der Waals surface area (Å²) in [5.41, 5.74) is 3.36. The van der Waals surface area contributed by atoms with Gasteiger partial charge in [-0.3, -0.25) is 4.90 Å². The van der Waals surface area contributed by atoms with Crippen LogP contribution in [0.4, 0.5) is 9.52 Å². The molecule has 7 nitrogen and oxygen atoms in total. The van der Waals surface area contributed by atoms with Crippen LogP contribution in [0.2, 0.25) is 0 Å². The lowest BCUT2D eigenvalue weighted by atomic mass is 10.2. The van der Waals surface area contributed by atoms with Crippen molar-refractivity contribution in [2.75, 3.05) is 31.1 Å². The van der Waals surface area contributed by atoms with Gasteiger partial charge in [-0.15, -0.1) is 5.10 Å². The lowest BCUT2D eigenvalue weighted by Gasteiger charge is -2.33. The maximum absolute atomic E-state index is 13.2. The molecule has 10 heteroatoms. The number of piperazine rings is 1. The minimum Gasteiger partial charge on any atom is -0.439 e. The SMILES string of the molecule is Fc1ccc(-c2cn3nc(N4CCN(Cc5nc6cc(Br)ccc6o5)CC4)sc3n2)cc1. The fourth-order valence-corrected chi connectivity index (χ4v) is 5.17. The van der Waals surface area contributed by atoms with E-state index in [0.29, 0.717) is 6.54 Å². The number of aromatic nitrogens is 4. The summed E-state index contributed by atoms with van der Waals surface area (Å²) in [7, 11) is 0. The van der Waals surface area contributed by atoms with Crippen LogP contribution in [0.15, 0.2) is 57.6 Å². The number of hydrogen-bond acceptors (Lipinski definition) is 7. The number of halogens is 2. The van der Waals surface area contributed by atoms with Crippen LogP contribution in [0.25, 0.3) is 27.3 Å². The summed E-state index contributed by atoms with van der Waals surface area (Å²) >= 11 is 5.05. The Morgan fingerprint density at radius 2 is 1.84 bits per heavy atom. The molecule has 0 atom stereocenters. The fraction of sp³-hybridized carbons (Fsp3) is 0.227. The summed E-state index contributed by atoms with van der Waals surface area (Å²) < 4.78 is 21.9. The molecule has 0 saturated carbocycles. The second-order valence-corrected chi connectivity index (χ2v) is 9.58. The van der Waals surface area contributed by atoms with Gasteiger partial charge < -0.3 is 9.32 Å². The average Bonchev–Trinajstić information content (AvgIpc) is 3.47. The lowest BCUT2D eigenvalue weighted by molar-refractivity contribution is 0.228. The number of imidazole rings is 1. The molecular weight excluding hydrogens is 495 g/mol. The zero-order chi connectivity index (χ0) is 21.7. The summed E-state index contributed by atoms with van der Waals surface area (Å²) in [6, 6.07) is 12.2. The fourth-order valence-electron chi connectivity index (χ4n) is 3.88. The Kier molecular flexibility index (Phi) is 4.93. The molecule has 4 heterocycles. The predicted molar refractivity (Wildman–Crippen MR) is 125 cm³/mol. The van der Waals surface area contributed by atoms with Gasteiger partial charge in [-0.25, -0.2) is 18.9 Å². The van der Waals surface area contributed by atoms with Crippen LogP contribution in [-0.4, -0.2) is 50.7 Å². The summed E-state index contributed by atoms with van der Waals surface area (Å²) in [5, 5.41) is 5.68. The quantitative estimate of drug-likeness (QED) is 0.344. The second kappa shape index (κ2) is 7.95. The first-order valence-electron chi connectivity index (χ1n) is 10.3. The van der Waals surface area contributed by atoms with E-state index in [1.807, 2.05) is 28.9 Å². The van der Waals surface area contributed by atoms with Crippen molar-refractivity contribution in [2.24, 2.45) is 0 Å². The third-order valence-corrected chi connectivity index (χ3v) is 7.04. The minimum absolute atomic E-state index is 0.251. The monoisotopic (exact) mass is 512 g/mol. The Bertz CT molecular complexity index is 1370. The van der Waals surface area contributed by atoms with Gasteiger partial charge in [0.2, 0.25) is 16.0 Å². The van der Waals surface area contributed by atoms with E-state index in [2.05, 4.69) is 35.7 Å². The molecule has 0 bridgehead atoms. The highest BCUT2D eigenvalue weighted by molar-refractivity contribution is 9.10. The van der Waals surface area contributed by atoms with E-state index < -0.39 is 0 Å². The molecule has 0 radical (unpaired) electrons. The molecule has 0 aliphatic carbocycles. The molecule has 0 N–H and O–H groups in total. The van der Waals surface area contributed by atoms with E-state index in [-0.39, 0.29) is 5.82 Å². The van der Waals surface area contributed by atoms with E-state index in [9.17, 15) is 4.39 Å². The van der Waals surface area contributed by atoms with Crippen molar-refractivity contribution in [1.29, 1.82) is 0 Å². The molecule has 6 rings (SSSR count). The topological polar surface area (TPSA) is 62.7 Å². The summed E-state index contributed by atoms with van der Waals surface area (Å²) in [6.07, 6.45) is 1.89. The second-order valence-electron chi connectivity index (χ2n) is 7.73. The van der Waals surface area contributed by atoms with Gasteiger partial charge in [0, 0.05) is 36.2 Å². The molecule has 32 heavy (non-hydrogen) atoms. The minimum atomic E-state index is -0.251. The van der Waals surface area contributed by atoms with Crippen molar-refractivity contribution < 1.29 is 8.81 Å². The molecule has 3 aromatic heterocycles. The Labute approximate surface area is 195 Å². The third-order valence-electron chi connectivity index (χ3n) is 5.57. The number of rotatable bonds is 4. The Balaban J connectivity index is 1.11. The first-order chi connectivity index (χ1) is 15.6. The van der Waals surface area contributed by atoms with Crippen molar-refractivity contribution in [1.82, 2.24) is 24.5 Å². The molecule has 0 spiro atoms. The summed E-state index contributed by atoms with van der Waals surface area (Å²) in [4.78, 5) is 14.7. The van der Waals surface area contributed by atoms with Gasteiger partial charge in [0.25, 0.3) is 0 Å². The van der Waals surface area contributed by atoms with Gasteiger partial charge in [0.1, 0.15) is 11.3 Å². The van der Waals surface area contributed by atoms with Gasteiger partial charge >= 0.3 is 0 Å². The molecule has 5 aromatic rings. The van der Waals surface area contributed by atoms with Crippen molar-refractivity contribution in [3.8, 4) is 11.3 Å². The van der Waals surface area contributed by atoms with Crippen molar-refractivity contribution in [2.45, 2.75) is 6.54 Å². The Morgan fingerprint density at radius 3 is 2.62 bits per heavy atom. The molecule has 1 aliphatic heterocycles. The maximum atomic E-state index is 13.2. The smallest absolute Gasteiger partial charge is 0.214 e. The van der Waals surface area contributed by atoms with Gasteiger partial charge in [0.15, 0.2) is 5.58 Å². The van der Waals surface area contributed by atoms with Crippen LogP contribution in [0, 0.1) is 5.82 Å². The number of fused-ring (bicyclic) bond motifs is 2. The Hall–Kier alpha value is -2.82. The summed E-state index contributed by atoms with van der Waals surface area (Å²) in [6.45, 7) is 4.28. The van der Waals surface area contributed by atoms with E-state index in [1.165, 1.54) is 12.1 Å². The van der Waals surface area contributed by atoms with Crippen LogP contribution in [0.1, 0.15) is 5.89 Å². The van der Waals surface area contributed by atoms with Gasteiger partial charge in [0.05, 0.1) is 18.4 Å². The van der Waals surface area contributed by atoms with Crippen LogP contribution in [-0.2, 0) is 6.54 Å². The highest BCUT2D eigenvalue weighted by Crippen LogP contribution is 2.28. The highest BCUT2D eigenvalue weighted by Gasteiger charge is 2.22. The zero-order valence-electron chi connectivity index (χ0n) is 16.9. The Morgan fingerprint density at radius 1 is 1.03 bits per heavy atom. The van der Waals surface area contributed by atoms with E-state index >= 15 is 0 Å². The molecule has 0 unspecified atom stereocenters. The molecule has 0 amide bonds. The normalized spacial score (nSPS) is 15.2. The number of hydrogen-bond donors (Lipinski definition) is 0. The number of nitrogens with zero attached hydrogens (tertiary/aromatic N) is 6. The van der Waals surface area contributed by atoms with Gasteiger partial charge in [-0.1, -0.05) is 27.3 Å². The van der Waals surface area contributed by atoms with Crippen molar-refractivity contribution in [3.63, 3.8) is 0 Å². The van der Waals surface area contributed by atoms with E-state index in [0.717, 1.165) is 69.0 Å². The summed E-state index contributed by atoms with van der Waals surface area (Å²) in [5.74, 6) is 0.492. The standard InChI is InChI=1S/C22H18BrFN6OS/c23-15-3-6-19-17(11-15)25-20(31-19)13-28-7-9-29(10-8-28)22-27-30-12-18(26-21(30)32-22)14-1-4-16(24)5-2-14/h1-6,11-12H,7-10,13H2. The number of oxazole rings is 1. The predicted octanol–water partition coefficient (Wildman–Crippen LogP) is 4.82. The molecule has 162 valence electrons. The van der Waals surface area contributed by atoms with E-state index in [1.54, 1.807) is 23.5 Å². The zero-order valence-corrected chi connectivity index (χ0v) is 19.3. The molecule has 2 aromatic carbocycles. The van der Waals surface area contributed by atoms with Gasteiger partial charge in [-0.2, -0.15) is 0 Å². The van der Waals surface area contributed by atoms with E-state index in [4.69, 9.17) is 9.52 Å². The molecule has 1 fully saturated rings. The van der Waals surface area contributed by atoms with Crippen molar-refractivity contribution >= 4 is 48.5 Å². The lowest BCUT2D eigenvalue weighted by Crippen LogP contribution is -2.46. The largest absolute Gasteiger partial charge is 0.439 e. The molecule has 1 aliphatic rings. The number of benzene rings is 2.